The van der Waals surface area contributed by atoms with Crippen LogP contribution < -0.4 is 0 Å². The van der Waals surface area contributed by atoms with Gasteiger partial charge in [0.05, 0.1) is 0 Å². The van der Waals surface area contributed by atoms with Crippen molar-refractivity contribution in [2.45, 2.75) is 44.9 Å². The second kappa shape index (κ2) is 4.84. The zero-order valence-electron chi connectivity index (χ0n) is 9.42. The quantitative estimate of drug-likeness (QED) is 0.643. The van der Waals surface area contributed by atoms with Gasteiger partial charge in [0.1, 0.15) is 0 Å². The number of hydrogen-bond donors (Lipinski definition) is 0. The third-order valence-electron chi connectivity index (χ3n) is 2.82. The van der Waals surface area contributed by atoms with Crippen molar-refractivity contribution in [1.29, 1.82) is 0 Å². The highest BCUT2D eigenvalue weighted by atomic mass is 35.5. The molecule has 0 saturated heterocycles. The van der Waals surface area contributed by atoms with Crippen molar-refractivity contribution in [3.8, 4) is 0 Å². The van der Waals surface area contributed by atoms with Gasteiger partial charge in [-0.3, -0.25) is 0 Å². The lowest BCUT2D eigenvalue weighted by molar-refractivity contribution is 0.740. The smallest absolute Gasteiger partial charge is 0.0373 e. The third-order valence-corrected chi connectivity index (χ3v) is 3.20. The van der Waals surface area contributed by atoms with Gasteiger partial charge in [-0.05, 0) is 29.9 Å². The van der Waals surface area contributed by atoms with E-state index in [0.717, 1.165) is 0 Å². The molecule has 0 aliphatic carbocycles. The lowest BCUT2D eigenvalue weighted by Gasteiger charge is -2.15. The lowest BCUT2D eigenvalue weighted by atomic mass is 9.95. The molecule has 1 aromatic rings. The van der Waals surface area contributed by atoms with E-state index in [2.05, 4.69) is 45.0 Å². The first-order chi connectivity index (χ1) is 6.52. The van der Waals surface area contributed by atoms with Crippen LogP contribution in [0.2, 0.25) is 0 Å². The van der Waals surface area contributed by atoms with Crippen molar-refractivity contribution in [3.05, 3.63) is 35.4 Å². The minimum Gasteiger partial charge on any atom is -0.123 e. The Balaban J connectivity index is 2.83. The van der Waals surface area contributed by atoms with Crippen molar-refractivity contribution < 1.29 is 0 Å². The average Bonchev–Trinajstić information content (AvgIpc) is 2.16. The summed E-state index contributed by atoms with van der Waals surface area (Å²) in [7, 11) is 0. The molecular weight excluding hydrogens is 192 g/mol. The highest BCUT2D eigenvalue weighted by molar-refractivity contribution is 6.20. The molecule has 14 heavy (non-hydrogen) atoms. The minimum atomic E-state index is 0.194. The van der Waals surface area contributed by atoms with E-state index in [-0.39, 0.29) is 5.38 Å². The van der Waals surface area contributed by atoms with E-state index in [9.17, 15) is 0 Å². The number of benzene rings is 1. The Morgan fingerprint density at radius 3 is 1.64 bits per heavy atom. The van der Waals surface area contributed by atoms with Crippen LogP contribution in [0.1, 0.15) is 50.7 Å². The predicted molar refractivity (Wildman–Crippen MR) is 64.3 cm³/mol. The fourth-order valence-corrected chi connectivity index (χ4v) is 1.60. The highest BCUT2D eigenvalue weighted by Gasteiger charge is 2.11. The van der Waals surface area contributed by atoms with Gasteiger partial charge in [-0.2, -0.15) is 0 Å². The molecule has 1 heteroatoms. The average molecular weight is 211 g/mol. The van der Waals surface area contributed by atoms with Gasteiger partial charge in [0.25, 0.3) is 0 Å². The third kappa shape index (κ3) is 2.75. The molecule has 0 bridgehead atoms. The second-order valence-electron chi connectivity index (χ2n) is 4.29. The Labute approximate surface area is 92.3 Å². The van der Waals surface area contributed by atoms with Crippen molar-refractivity contribution in [2.75, 3.05) is 0 Å². The maximum absolute atomic E-state index is 6.07. The Morgan fingerprint density at radius 1 is 0.857 bits per heavy atom. The van der Waals surface area contributed by atoms with Gasteiger partial charge in [0, 0.05) is 5.38 Å². The van der Waals surface area contributed by atoms with Crippen LogP contribution in [0.4, 0.5) is 0 Å². The highest BCUT2D eigenvalue weighted by Crippen LogP contribution is 2.24. The van der Waals surface area contributed by atoms with E-state index >= 15 is 0 Å². The molecule has 0 aromatic heterocycles. The molecule has 0 amide bonds. The molecule has 1 aromatic carbocycles. The fourth-order valence-electron chi connectivity index (χ4n) is 1.45. The topological polar surface area (TPSA) is 0 Å². The lowest BCUT2D eigenvalue weighted by Crippen LogP contribution is -2.04. The van der Waals surface area contributed by atoms with Gasteiger partial charge < -0.3 is 0 Å². The number of alkyl halides is 1. The molecule has 0 aliphatic heterocycles. The van der Waals surface area contributed by atoms with E-state index in [1.165, 1.54) is 11.1 Å². The van der Waals surface area contributed by atoms with E-state index in [1.54, 1.807) is 0 Å². The van der Waals surface area contributed by atoms with E-state index in [4.69, 9.17) is 11.6 Å². The molecular formula is C13H19Cl. The van der Waals surface area contributed by atoms with Crippen molar-refractivity contribution >= 4 is 11.6 Å². The van der Waals surface area contributed by atoms with Crippen LogP contribution in [0, 0.1) is 0 Å². The van der Waals surface area contributed by atoms with Gasteiger partial charge in [-0.25, -0.2) is 0 Å². The Hall–Kier alpha value is -0.490. The maximum atomic E-state index is 6.07. The fraction of sp³-hybridized carbons (Fsp3) is 0.538. The Bertz CT molecular complexity index is 272. The second-order valence-corrected chi connectivity index (χ2v) is 4.98. The minimum absolute atomic E-state index is 0.194. The molecule has 0 aliphatic rings. The summed E-state index contributed by atoms with van der Waals surface area (Å²) in [6.45, 7) is 8.63. The molecule has 0 spiro atoms. The van der Waals surface area contributed by atoms with Crippen molar-refractivity contribution in [3.63, 3.8) is 0 Å². The normalized spacial score (nSPS) is 15.6. The molecule has 0 saturated carbocycles. The standard InChI is InChI=1S/C13H19Cl/c1-9(2)12-5-7-13(8-6-12)10(3)11(4)14/h5-11H,1-4H3. The van der Waals surface area contributed by atoms with Crippen molar-refractivity contribution in [1.82, 2.24) is 0 Å². The van der Waals surface area contributed by atoms with Gasteiger partial charge in [-0.1, -0.05) is 45.0 Å². The van der Waals surface area contributed by atoms with Crippen LogP contribution in [-0.4, -0.2) is 5.38 Å². The van der Waals surface area contributed by atoms with Gasteiger partial charge in [0.2, 0.25) is 0 Å². The first-order valence-electron chi connectivity index (χ1n) is 5.26. The summed E-state index contributed by atoms with van der Waals surface area (Å²) < 4.78 is 0. The molecule has 0 fully saturated rings. The van der Waals surface area contributed by atoms with Crippen LogP contribution in [0.5, 0.6) is 0 Å². The summed E-state index contributed by atoms with van der Waals surface area (Å²) in [4.78, 5) is 0. The summed E-state index contributed by atoms with van der Waals surface area (Å²) in [6.07, 6.45) is 0. The summed E-state index contributed by atoms with van der Waals surface area (Å²) >= 11 is 6.07. The SMILES string of the molecule is CC(C)c1ccc(C(C)C(C)Cl)cc1. The Morgan fingerprint density at radius 2 is 1.29 bits per heavy atom. The summed E-state index contributed by atoms with van der Waals surface area (Å²) in [5, 5.41) is 0.194. The van der Waals surface area contributed by atoms with Crippen molar-refractivity contribution in [2.24, 2.45) is 0 Å². The molecule has 0 heterocycles. The van der Waals surface area contributed by atoms with E-state index in [1.807, 2.05) is 6.92 Å². The molecule has 2 atom stereocenters. The summed E-state index contributed by atoms with van der Waals surface area (Å²) in [5.74, 6) is 1.03. The van der Waals surface area contributed by atoms with Gasteiger partial charge in [0.15, 0.2) is 0 Å². The van der Waals surface area contributed by atoms with Crippen LogP contribution in [0.3, 0.4) is 0 Å². The molecule has 1 rings (SSSR count). The summed E-state index contributed by atoms with van der Waals surface area (Å²) in [6, 6.07) is 8.79. The van der Waals surface area contributed by atoms with E-state index in [0.29, 0.717) is 11.8 Å². The van der Waals surface area contributed by atoms with Crippen LogP contribution in [0.15, 0.2) is 24.3 Å². The molecule has 0 nitrogen and oxygen atoms in total. The molecule has 0 N–H and O–H groups in total. The molecule has 0 radical (unpaired) electrons. The number of halogens is 1. The number of rotatable bonds is 3. The Kier molecular flexibility index (Phi) is 4.00. The van der Waals surface area contributed by atoms with Gasteiger partial charge >= 0.3 is 0 Å². The van der Waals surface area contributed by atoms with Crippen LogP contribution >= 0.6 is 11.6 Å². The van der Waals surface area contributed by atoms with Crippen LogP contribution in [-0.2, 0) is 0 Å². The van der Waals surface area contributed by atoms with Crippen LogP contribution in [0.25, 0.3) is 0 Å². The predicted octanol–water partition coefficient (Wildman–Crippen LogP) is 4.54. The first kappa shape index (κ1) is 11.6. The largest absolute Gasteiger partial charge is 0.123 e. The van der Waals surface area contributed by atoms with Gasteiger partial charge in [-0.15, -0.1) is 11.6 Å². The monoisotopic (exact) mass is 210 g/mol. The number of hydrogen-bond acceptors (Lipinski definition) is 0. The van der Waals surface area contributed by atoms with E-state index < -0.39 is 0 Å². The molecule has 78 valence electrons. The maximum Gasteiger partial charge on any atom is 0.0373 e. The molecule has 2 unspecified atom stereocenters. The zero-order chi connectivity index (χ0) is 10.7. The summed E-state index contributed by atoms with van der Waals surface area (Å²) in [5.41, 5.74) is 2.72. The first-order valence-corrected chi connectivity index (χ1v) is 5.70. The zero-order valence-corrected chi connectivity index (χ0v) is 10.2.